The largest absolute Gasteiger partial charge is 0.491 e. The Bertz CT molecular complexity index is 883. The molecule has 1 atom stereocenters. The zero-order chi connectivity index (χ0) is 17.1. The summed E-state index contributed by atoms with van der Waals surface area (Å²) >= 11 is 0. The molecule has 0 radical (unpaired) electrons. The van der Waals surface area contributed by atoms with E-state index in [1.54, 1.807) is 11.7 Å². The molecule has 0 saturated carbocycles. The fraction of sp³-hybridized carbons (Fsp3) is 0.353. The van der Waals surface area contributed by atoms with E-state index in [1.165, 1.54) is 22.7 Å². The fourth-order valence-corrected chi connectivity index (χ4v) is 2.49. The number of aliphatic hydroxyl groups is 1. The smallest absolute Gasteiger partial charge is 0.264 e. The summed E-state index contributed by atoms with van der Waals surface area (Å²) in [4.78, 5) is 16.5. The Balaban J connectivity index is 1.65. The number of nitrogens with zero attached hydrogens (tertiary/aromatic N) is 4. The highest BCUT2D eigenvalue weighted by Gasteiger charge is 2.12. The number of aromatic nitrogens is 4. The summed E-state index contributed by atoms with van der Waals surface area (Å²) < 4.78 is 8.48. The van der Waals surface area contributed by atoms with Crippen LogP contribution in [0.3, 0.4) is 0 Å². The lowest BCUT2D eigenvalue weighted by molar-refractivity contribution is 0.0914. The van der Waals surface area contributed by atoms with Crippen LogP contribution in [0.4, 0.5) is 0 Å². The van der Waals surface area contributed by atoms with Crippen LogP contribution in [0.5, 0.6) is 5.75 Å². The minimum absolute atomic E-state index is 0.100. The lowest BCUT2D eigenvalue weighted by Gasteiger charge is -2.14. The van der Waals surface area contributed by atoms with Crippen molar-refractivity contribution in [1.82, 2.24) is 19.3 Å². The highest BCUT2D eigenvalue weighted by atomic mass is 16.5. The van der Waals surface area contributed by atoms with Crippen LogP contribution < -0.4 is 10.3 Å². The first-order valence-corrected chi connectivity index (χ1v) is 7.85. The van der Waals surface area contributed by atoms with E-state index in [0.717, 1.165) is 6.42 Å². The number of hydrogen-bond acceptors (Lipinski definition) is 5. The van der Waals surface area contributed by atoms with Crippen LogP contribution in [0.25, 0.3) is 11.0 Å². The lowest BCUT2D eigenvalue weighted by atomic mass is 10.2. The number of fused-ring (bicyclic) bond motifs is 1. The van der Waals surface area contributed by atoms with Gasteiger partial charge in [0.1, 0.15) is 30.2 Å². The summed E-state index contributed by atoms with van der Waals surface area (Å²) in [5.41, 5.74) is 1.53. The summed E-state index contributed by atoms with van der Waals surface area (Å²) in [6.45, 7) is 2.30. The number of aliphatic hydroxyl groups excluding tert-OH is 1. The molecular formula is C17H20N4O3. The molecule has 2 heterocycles. The second-order valence-corrected chi connectivity index (χ2v) is 5.67. The van der Waals surface area contributed by atoms with E-state index in [9.17, 15) is 9.90 Å². The van der Waals surface area contributed by atoms with Gasteiger partial charge in [-0.3, -0.25) is 14.0 Å². The summed E-state index contributed by atoms with van der Waals surface area (Å²) in [6, 6.07) is 7.74. The molecule has 0 fully saturated rings. The molecule has 0 aliphatic rings. The second-order valence-electron chi connectivity index (χ2n) is 5.67. The van der Waals surface area contributed by atoms with Gasteiger partial charge in [0.15, 0.2) is 5.65 Å². The maximum Gasteiger partial charge on any atom is 0.264 e. The normalized spacial score (nSPS) is 12.5. The van der Waals surface area contributed by atoms with Crippen molar-refractivity contribution in [1.29, 1.82) is 0 Å². The lowest BCUT2D eigenvalue weighted by Crippen LogP contribution is -2.30. The Morgan fingerprint density at radius 3 is 2.75 bits per heavy atom. The minimum atomic E-state index is -0.815. The first kappa shape index (κ1) is 16.2. The number of aryl methyl sites for hydroxylation is 2. The molecule has 0 aliphatic carbocycles. The van der Waals surface area contributed by atoms with Crippen LogP contribution in [0.1, 0.15) is 12.5 Å². The molecule has 2 aromatic heterocycles. The van der Waals surface area contributed by atoms with E-state index in [2.05, 4.69) is 17.0 Å². The zero-order valence-electron chi connectivity index (χ0n) is 13.7. The van der Waals surface area contributed by atoms with Gasteiger partial charge in [-0.1, -0.05) is 19.1 Å². The third-order valence-electron chi connectivity index (χ3n) is 3.90. The summed E-state index contributed by atoms with van der Waals surface area (Å²) in [5.74, 6) is 0.694. The van der Waals surface area contributed by atoms with Gasteiger partial charge >= 0.3 is 0 Å². The van der Waals surface area contributed by atoms with Crippen molar-refractivity contribution < 1.29 is 9.84 Å². The number of benzene rings is 1. The highest BCUT2D eigenvalue weighted by Crippen LogP contribution is 2.13. The van der Waals surface area contributed by atoms with E-state index >= 15 is 0 Å². The minimum Gasteiger partial charge on any atom is -0.491 e. The molecular weight excluding hydrogens is 308 g/mol. The standard InChI is InChI=1S/C17H20N4O3/c1-3-12-4-6-14(7-5-12)24-10-13(22)9-21-11-18-16-15(17(21)23)8-19-20(16)2/h4-8,11,13,22H,3,9-10H2,1-2H3. The van der Waals surface area contributed by atoms with E-state index in [-0.39, 0.29) is 18.7 Å². The molecule has 1 unspecified atom stereocenters. The first-order chi connectivity index (χ1) is 11.6. The highest BCUT2D eigenvalue weighted by molar-refractivity contribution is 5.72. The van der Waals surface area contributed by atoms with Crippen molar-refractivity contribution in [2.45, 2.75) is 26.0 Å². The molecule has 1 N–H and O–H groups in total. The maximum atomic E-state index is 12.3. The average Bonchev–Trinajstić information content (AvgIpc) is 2.98. The van der Waals surface area contributed by atoms with Crippen molar-refractivity contribution in [3.8, 4) is 5.75 Å². The average molecular weight is 328 g/mol. The maximum absolute atomic E-state index is 12.3. The third-order valence-corrected chi connectivity index (χ3v) is 3.90. The Labute approximate surface area is 139 Å². The van der Waals surface area contributed by atoms with Gasteiger partial charge in [-0.25, -0.2) is 4.98 Å². The summed E-state index contributed by atoms with van der Waals surface area (Å²) in [7, 11) is 1.73. The van der Waals surface area contributed by atoms with E-state index < -0.39 is 6.10 Å². The van der Waals surface area contributed by atoms with Gasteiger partial charge in [-0.2, -0.15) is 5.10 Å². The Hall–Kier alpha value is -2.67. The molecule has 0 bridgehead atoms. The fourth-order valence-electron chi connectivity index (χ4n) is 2.49. The van der Waals surface area contributed by atoms with Crippen molar-refractivity contribution in [2.75, 3.05) is 6.61 Å². The van der Waals surface area contributed by atoms with Crippen molar-refractivity contribution in [3.63, 3.8) is 0 Å². The van der Waals surface area contributed by atoms with Crippen molar-refractivity contribution >= 4 is 11.0 Å². The van der Waals surface area contributed by atoms with Gasteiger partial charge in [0.2, 0.25) is 0 Å². The molecule has 126 valence electrons. The quantitative estimate of drug-likeness (QED) is 0.733. The molecule has 3 aromatic rings. The third kappa shape index (κ3) is 3.30. The number of hydrogen-bond donors (Lipinski definition) is 1. The Morgan fingerprint density at radius 2 is 2.04 bits per heavy atom. The van der Waals surface area contributed by atoms with Crippen LogP contribution in [0.15, 0.2) is 41.6 Å². The van der Waals surface area contributed by atoms with Gasteiger partial charge in [-0.05, 0) is 24.1 Å². The van der Waals surface area contributed by atoms with Crippen LogP contribution in [0, 0.1) is 0 Å². The Morgan fingerprint density at radius 1 is 1.29 bits per heavy atom. The SMILES string of the molecule is CCc1ccc(OCC(O)Cn2cnc3c(cnn3C)c2=O)cc1. The summed E-state index contributed by atoms with van der Waals surface area (Å²) in [5, 5.41) is 14.6. The second kappa shape index (κ2) is 6.84. The van der Waals surface area contributed by atoms with Crippen LogP contribution in [0.2, 0.25) is 0 Å². The molecule has 7 nitrogen and oxygen atoms in total. The van der Waals surface area contributed by atoms with Gasteiger partial charge in [0.25, 0.3) is 5.56 Å². The molecule has 3 rings (SSSR count). The van der Waals surface area contributed by atoms with Gasteiger partial charge in [0.05, 0.1) is 12.7 Å². The van der Waals surface area contributed by atoms with Crippen LogP contribution in [-0.2, 0) is 20.0 Å². The summed E-state index contributed by atoms with van der Waals surface area (Å²) in [6.07, 6.45) is 3.06. The van der Waals surface area contributed by atoms with Crippen LogP contribution >= 0.6 is 0 Å². The molecule has 1 aromatic carbocycles. The van der Waals surface area contributed by atoms with E-state index in [1.807, 2.05) is 24.3 Å². The van der Waals surface area contributed by atoms with Gasteiger partial charge in [-0.15, -0.1) is 0 Å². The topological polar surface area (TPSA) is 82.2 Å². The predicted octanol–water partition coefficient (Wildman–Crippen LogP) is 1.13. The molecule has 0 amide bonds. The Kier molecular flexibility index (Phi) is 4.61. The molecule has 24 heavy (non-hydrogen) atoms. The van der Waals surface area contributed by atoms with Crippen LogP contribution in [-0.4, -0.2) is 37.1 Å². The molecule has 0 saturated heterocycles. The van der Waals surface area contributed by atoms with Gasteiger partial charge < -0.3 is 9.84 Å². The molecule has 0 spiro atoms. The van der Waals surface area contributed by atoms with E-state index in [4.69, 9.17) is 4.74 Å². The molecule has 0 aliphatic heterocycles. The number of rotatable bonds is 6. The monoisotopic (exact) mass is 328 g/mol. The predicted molar refractivity (Wildman–Crippen MR) is 90.1 cm³/mol. The van der Waals surface area contributed by atoms with Gasteiger partial charge in [0, 0.05) is 7.05 Å². The van der Waals surface area contributed by atoms with E-state index in [0.29, 0.717) is 16.8 Å². The number of ether oxygens (including phenoxy) is 1. The van der Waals surface area contributed by atoms with Crippen molar-refractivity contribution in [3.05, 3.63) is 52.7 Å². The molecule has 7 heteroatoms. The van der Waals surface area contributed by atoms with Crippen molar-refractivity contribution in [2.24, 2.45) is 7.05 Å². The zero-order valence-corrected chi connectivity index (χ0v) is 13.7. The first-order valence-electron chi connectivity index (χ1n) is 7.85.